The van der Waals surface area contributed by atoms with Gasteiger partial charge in [0.2, 0.25) is 0 Å². The number of hydrogen-bond acceptors (Lipinski definition) is 4. The first-order valence-corrected chi connectivity index (χ1v) is 43.1. The fourth-order valence-corrected chi connectivity index (χ4v) is 19.6. The number of para-hydroxylation sites is 14. The second-order valence-electron chi connectivity index (χ2n) is 32.5. The number of aromatic nitrogens is 2. The Bertz CT molecular complexity index is 8260. The van der Waals surface area contributed by atoms with Crippen molar-refractivity contribution in [3.8, 4) is 112 Å². The molecule has 0 spiro atoms. The Balaban J connectivity index is 0.598. The van der Waals surface area contributed by atoms with Gasteiger partial charge in [-0.25, -0.2) is 0 Å². The maximum Gasteiger partial charge on any atom is 0.143 e. The summed E-state index contributed by atoms with van der Waals surface area (Å²) in [6, 6.07) is 172. The maximum atomic E-state index is 7.32. The molecular weight excluding hydrogens is 1530 g/mol. The van der Waals surface area contributed by atoms with Gasteiger partial charge in [0.05, 0.1) is 61.9 Å². The summed E-state index contributed by atoms with van der Waals surface area (Å²) in [5.41, 5.74) is 35.8. The van der Waals surface area contributed by atoms with Gasteiger partial charge < -0.3 is 27.8 Å². The van der Waals surface area contributed by atoms with Crippen molar-refractivity contribution in [1.29, 1.82) is 0 Å². The summed E-state index contributed by atoms with van der Waals surface area (Å²) < 4.78 is 19.1. The van der Waals surface area contributed by atoms with Crippen LogP contribution in [0.5, 0.6) is 0 Å². The molecular formula is C120H78N4O2. The number of rotatable bonds is 17. The molecule has 0 radical (unpaired) electrons. The lowest BCUT2D eigenvalue weighted by Crippen LogP contribution is -2.14. The molecule has 126 heavy (non-hydrogen) atoms. The molecule has 0 saturated carbocycles. The molecule has 0 bridgehead atoms. The van der Waals surface area contributed by atoms with Crippen LogP contribution in [0.4, 0.5) is 34.1 Å². The number of anilines is 6. The van der Waals surface area contributed by atoms with Crippen LogP contribution >= 0.6 is 0 Å². The lowest BCUT2D eigenvalue weighted by Gasteiger charge is -2.32. The number of benzene rings is 20. The van der Waals surface area contributed by atoms with Crippen LogP contribution in [0.25, 0.3) is 199 Å². The van der Waals surface area contributed by atoms with Crippen molar-refractivity contribution < 1.29 is 8.83 Å². The van der Waals surface area contributed by atoms with Crippen molar-refractivity contribution in [2.24, 2.45) is 0 Å². The average Bonchev–Trinajstić information content (AvgIpc) is 1.54. The van der Waals surface area contributed by atoms with Crippen molar-refractivity contribution in [3.63, 3.8) is 0 Å². The number of nitrogens with zero attached hydrogens (tertiary/aromatic N) is 4. The first-order chi connectivity index (χ1) is 62.5. The molecule has 4 aromatic heterocycles. The van der Waals surface area contributed by atoms with Gasteiger partial charge in [0.1, 0.15) is 22.3 Å². The lowest BCUT2D eigenvalue weighted by atomic mass is 9.94. The second kappa shape index (κ2) is 30.7. The monoisotopic (exact) mass is 1610 g/mol. The van der Waals surface area contributed by atoms with E-state index in [4.69, 9.17) is 8.83 Å². The third kappa shape index (κ3) is 12.4. The first-order valence-electron chi connectivity index (χ1n) is 43.1. The third-order valence-corrected chi connectivity index (χ3v) is 25.4. The topological polar surface area (TPSA) is 42.6 Å². The summed E-state index contributed by atoms with van der Waals surface area (Å²) in [6.45, 7) is 0. The van der Waals surface area contributed by atoms with Crippen LogP contribution in [0.2, 0.25) is 0 Å². The zero-order valence-electron chi connectivity index (χ0n) is 68.6. The van der Waals surface area contributed by atoms with E-state index < -0.39 is 0 Å². The number of hydrogen-bond donors (Lipinski definition) is 0. The fourth-order valence-electron chi connectivity index (χ4n) is 19.6. The van der Waals surface area contributed by atoms with Gasteiger partial charge >= 0.3 is 0 Å². The molecule has 0 amide bonds. The summed E-state index contributed by atoms with van der Waals surface area (Å²) in [5.74, 6) is 0. The summed E-state index contributed by atoms with van der Waals surface area (Å²) in [7, 11) is 0. The first kappa shape index (κ1) is 73.1. The van der Waals surface area contributed by atoms with Crippen LogP contribution in [-0.4, -0.2) is 9.13 Å². The summed E-state index contributed by atoms with van der Waals surface area (Å²) in [5, 5.41) is 9.13. The van der Waals surface area contributed by atoms with Gasteiger partial charge in [-0.3, -0.25) is 0 Å². The molecule has 590 valence electrons. The Hall–Kier alpha value is -16.8. The SMILES string of the molecule is c1ccc(-c2ccc(-c3cccc(N(c4ccccc4-c4ccccc4-n4c5ccccc5c5ccccc54)c4ccccc4-c4cccc5c4oc4cc(-c6ccc(-c7cccc(-c8ccccc8N(c8ccccc8-c8ccccc8-n8c9ccccc9c9ccccc98)c8ccccc8-c8cccc9c8oc8ccccc89)c7)cc6)ccc45)c3)cc2)cc1. The normalized spacial score (nSPS) is 11.7. The van der Waals surface area contributed by atoms with Crippen molar-refractivity contribution in [2.75, 3.05) is 9.80 Å². The minimum absolute atomic E-state index is 0.816. The molecule has 6 heteroatoms. The Morgan fingerprint density at radius 2 is 0.452 bits per heavy atom. The van der Waals surface area contributed by atoms with E-state index in [9.17, 15) is 0 Å². The van der Waals surface area contributed by atoms with Crippen LogP contribution in [0, 0.1) is 0 Å². The Labute approximate surface area is 729 Å². The Morgan fingerprint density at radius 1 is 0.159 bits per heavy atom. The summed E-state index contributed by atoms with van der Waals surface area (Å²) >= 11 is 0. The van der Waals surface area contributed by atoms with Crippen LogP contribution < -0.4 is 9.80 Å². The predicted molar refractivity (Wildman–Crippen MR) is 528 cm³/mol. The molecule has 20 aromatic carbocycles. The van der Waals surface area contributed by atoms with E-state index in [0.717, 1.165) is 200 Å². The van der Waals surface area contributed by atoms with E-state index in [1.165, 1.54) is 32.7 Å². The molecule has 0 saturated heterocycles. The van der Waals surface area contributed by atoms with Gasteiger partial charge in [-0.15, -0.1) is 0 Å². The van der Waals surface area contributed by atoms with Gasteiger partial charge in [0, 0.05) is 98.8 Å². The zero-order valence-corrected chi connectivity index (χ0v) is 68.6. The maximum absolute atomic E-state index is 7.32. The van der Waals surface area contributed by atoms with Gasteiger partial charge in [-0.2, -0.15) is 0 Å². The molecule has 0 aliphatic carbocycles. The van der Waals surface area contributed by atoms with Gasteiger partial charge in [0.15, 0.2) is 0 Å². The minimum atomic E-state index is 0.816. The predicted octanol–water partition coefficient (Wildman–Crippen LogP) is 33.6. The van der Waals surface area contributed by atoms with E-state index in [2.05, 4.69) is 486 Å². The molecule has 24 rings (SSSR count). The zero-order chi connectivity index (χ0) is 83.1. The highest BCUT2D eigenvalue weighted by Gasteiger charge is 2.30. The quantitative estimate of drug-likeness (QED) is 0.0911. The lowest BCUT2D eigenvalue weighted by molar-refractivity contribution is 0.669. The molecule has 0 unspecified atom stereocenters. The molecule has 0 atom stereocenters. The molecule has 0 fully saturated rings. The van der Waals surface area contributed by atoms with E-state index in [1.807, 2.05) is 6.07 Å². The van der Waals surface area contributed by atoms with Crippen LogP contribution in [-0.2, 0) is 0 Å². The Kier molecular flexibility index (Phi) is 17.8. The standard InChI is InChI=1S/C120H78N4O2/c1-2-32-79(33-3-1)80-66-68-82(69-67-80)85-35-29-37-88(77-85)121(107-55-17-5-39-90(107)91-40-6-20-58-110(91)123-112-60-22-9-43-94(112)95-44-10-23-61-113(95)123)108-56-18-13-47-98(108)102-50-31-53-105-101-75-74-86(78-118(101)126-120(102)105)83-72-70-81(71-73-83)84-34-28-36-87(76-84)89-38-4-16-54-106(89)122(116-64-26-14-48-99(116)103-51-30-52-104-100-49-15-27-65-117(100)125-119(103)104)109-57-19-7-41-92(109)93-42-8-21-59-111(93)124-114-62-24-11-45-96(114)97-46-12-25-63-115(97)124/h1-78H. The van der Waals surface area contributed by atoms with Crippen LogP contribution in [0.1, 0.15) is 0 Å². The van der Waals surface area contributed by atoms with Crippen LogP contribution in [0.15, 0.2) is 482 Å². The fraction of sp³-hybridized carbons (Fsp3) is 0. The highest BCUT2D eigenvalue weighted by atomic mass is 16.3. The largest absolute Gasteiger partial charge is 0.455 e. The number of furan rings is 2. The average molecular weight is 1610 g/mol. The third-order valence-electron chi connectivity index (χ3n) is 25.4. The van der Waals surface area contributed by atoms with E-state index >= 15 is 0 Å². The molecule has 0 aliphatic heterocycles. The van der Waals surface area contributed by atoms with Gasteiger partial charge in [-0.05, 0) is 153 Å². The Morgan fingerprint density at radius 3 is 0.944 bits per heavy atom. The van der Waals surface area contributed by atoms with Gasteiger partial charge in [-0.1, -0.05) is 370 Å². The summed E-state index contributed by atoms with van der Waals surface area (Å²) in [6.07, 6.45) is 0. The van der Waals surface area contributed by atoms with Gasteiger partial charge in [0.25, 0.3) is 0 Å². The highest BCUT2D eigenvalue weighted by molar-refractivity contribution is 6.16. The molecule has 4 heterocycles. The number of fused-ring (bicyclic) bond motifs is 12. The minimum Gasteiger partial charge on any atom is -0.455 e. The van der Waals surface area contributed by atoms with Crippen molar-refractivity contribution in [2.45, 2.75) is 0 Å². The van der Waals surface area contributed by atoms with E-state index in [-0.39, 0.29) is 0 Å². The van der Waals surface area contributed by atoms with Crippen molar-refractivity contribution in [3.05, 3.63) is 473 Å². The second-order valence-corrected chi connectivity index (χ2v) is 32.5. The molecule has 0 aliphatic rings. The van der Waals surface area contributed by atoms with Crippen molar-refractivity contribution in [1.82, 2.24) is 9.13 Å². The smallest absolute Gasteiger partial charge is 0.143 e. The molecule has 0 N–H and O–H groups in total. The molecule has 6 nitrogen and oxygen atoms in total. The summed E-state index contributed by atoms with van der Waals surface area (Å²) in [4.78, 5) is 4.95. The molecule has 24 aromatic rings. The van der Waals surface area contributed by atoms with Crippen LogP contribution in [0.3, 0.4) is 0 Å². The highest BCUT2D eigenvalue weighted by Crippen LogP contribution is 2.54. The van der Waals surface area contributed by atoms with Crippen molar-refractivity contribution >= 4 is 122 Å². The van der Waals surface area contributed by atoms with E-state index in [1.54, 1.807) is 0 Å². The van der Waals surface area contributed by atoms with E-state index in [0.29, 0.717) is 0 Å².